The maximum Gasteiger partial charge on any atom is 0.253 e. The Labute approximate surface area is 135 Å². The number of sulfone groups is 1. The van der Waals surface area contributed by atoms with Crippen molar-refractivity contribution in [3.63, 3.8) is 0 Å². The van der Waals surface area contributed by atoms with Crippen LogP contribution in [0.2, 0.25) is 0 Å². The first-order valence-electron chi connectivity index (χ1n) is 7.64. The van der Waals surface area contributed by atoms with Gasteiger partial charge in [-0.05, 0) is 38.8 Å². The first-order valence-corrected chi connectivity index (χ1v) is 9.30. The third kappa shape index (κ3) is 2.73. The summed E-state index contributed by atoms with van der Waals surface area (Å²) in [6, 6.07) is 5.30. The van der Waals surface area contributed by atoms with Crippen LogP contribution in [-0.2, 0) is 16.9 Å². The third-order valence-corrected chi connectivity index (χ3v) is 7.26. The molecule has 0 radical (unpaired) electrons. The largest absolute Gasteiger partial charge is 0.349 e. The van der Waals surface area contributed by atoms with E-state index in [1.165, 1.54) is 0 Å². The molecule has 3 rings (SSSR count). The molecule has 2 aromatic rings. The molecule has 2 heterocycles. The van der Waals surface area contributed by atoms with E-state index in [1.54, 1.807) is 32.3 Å². The molecule has 1 aliphatic heterocycles. The average molecular weight is 335 g/mol. The summed E-state index contributed by atoms with van der Waals surface area (Å²) in [7, 11) is -1.24. The molecule has 0 bridgehead atoms. The maximum absolute atomic E-state index is 12.6. The molecule has 0 spiro atoms. The van der Waals surface area contributed by atoms with E-state index in [9.17, 15) is 13.2 Å². The standard InChI is InChI=1S/C16H21N3O3S/c1-16(2)9-11(7-8-23(16,21)22)18-15(20)12-5-4-6-13-14(12)19(3)10-17-13/h4-6,10-11H,7-9H2,1-3H3,(H,18,20). The topological polar surface area (TPSA) is 81.1 Å². The Morgan fingerprint density at radius 3 is 2.83 bits per heavy atom. The van der Waals surface area contributed by atoms with Crippen LogP contribution in [0.3, 0.4) is 0 Å². The second-order valence-electron chi connectivity index (χ2n) is 6.77. The highest BCUT2D eigenvalue weighted by atomic mass is 32.2. The van der Waals surface area contributed by atoms with E-state index < -0.39 is 14.6 Å². The zero-order chi connectivity index (χ0) is 16.8. The number of nitrogens with zero attached hydrogens (tertiary/aromatic N) is 2. The molecule has 1 atom stereocenters. The fourth-order valence-corrected chi connectivity index (χ4v) is 4.78. The van der Waals surface area contributed by atoms with Crippen LogP contribution in [0.1, 0.15) is 37.0 Å². The van der Waals surface area contributed by atoms with Crippen LogP contribution < -0.4 is 5.32 Å². The number of rotatable bonds is 2. The lowest BCUT2D eigenvalue weighted by Crippen LogP contribution is -2.49. The normalized spacial score (nSPS) is 22.8. The first-order chi connectivity index (χ1) is 10.7. The van der Waals surface area contributed by atoms with Gasteiger partial charge in [0.1, 0.15) is 0 Å². The zero-order valence-corrected chi connectivity index (χ0v) is 14.4. The molecule has 1 aliphatic rings. The molecule has 23 heavy (non-hydrogen) atoms. The molecular formula is C16H21N3O3S. The fraction of sp³-hybridized carbons (Fsp3) is 0.500. The molecule has 1 aromatic heterocycles. The molecule has 1 fully saturated rings. The van der Waals surface area contributed by atoms with E-state index in [2.05, 4.69) is 10.3 Å². The van der Waals surface area contributed by atoms with Gasteiger partial charge in [-0.15, -0.1) is 0 Å². The number of hydrogen-bond acceptors (Lipinski definition) is 4. The molecule has 1 amide bonds. The van der Waals surface area contributed by atoms with Crippen molar-refractivity contribution in [3.8, 4) is 0 Å². The zero-order valence-electron chi connectivity index (χ0n) is 13.5. The van der Waals surface area contributed by atoms with Crippen molar-refractivity contribution in [2.75, 3.05) is 5.75 Å². The van der Waals surface area contributed by atoms with Crippen LogP contribution in [0.4, 0.5) is 0 Å². The minimum absolute atomic E-state index is 0.112. The minimum atomic E-state index is -3.09. The number of carbonyl (C=O) groups is 1. The smallest absolute Gasteiger partial charge is 0.253 e. The Morgan fingerprint density at radius 1 is 1.39 bits per heavy atom. The van der Waals surface area contributed by atoms with Gasteiger partial charge >= 0.3 is 0 Å². The van der Waals surface area contributed by atoms with Gasteiger partial charge in [0.15, 0.2) is 9.84 Å². The van der Waals surface area contributed by atoms with Crippen LogP contribution in [0, 0.1) is 0 Å². The second kappa shape index (κ2) is 5.33. The van der Waals surface area contributed by atoms with Crippen LogP contribution in [0.25, 0.3) is 11.0 Å². The lowest BCUT2D eigenvalue weighted by atomic mass is 9.99. The summed E-state index contributed by atoms with van der Waals surface area (Å²) in [5.74, 6) is -0.0692. The van der Waals surface area contributed by atoms with Gasteiger partial charge in [0.25, 0.3) is 5.91 Å². The number of imidazole rings is 1. The summed E-state index contributed by atoms with van der Waals surface area (Å²) >= 11 is 0. The first kappa shape index (κ1) is 16.0. The summed E-state index contributed by atoms with van der Waals surface area (Å²) < 4.78 is 25.1. The van der Waals surface area contributed by atoms with Gasteiger partial charge in [0.2, 0.25) is 0 Å². The molecule has 124 valence electrons. The van der Waals surface area contributed by atoms with Gasteiger partial charge in [0.05, 0.1) is 33.4 Å². The molecule has 1 unspecified atom stereocenters. The number of fused-ring (bicyclic) bond motifs is 1. The summed E-state index contributed by atoms with van der Waals surface area (Å²) in [4.78, 5) is 16.9. The number of amides is 1. The van der Waals surface area contributed by atoms with Crippen molar-refractivity contribution in [2.24, 2.45) is 7.05 Å². The van der Waals surface area contributed by atoms with Crippen molar-refractivity contribution in [2.45, 2.75) is 37.5 Å². The predicted molar refractivity (Wildman–Crippen MR) is 89.1 cm³/mol. The number of para-hydroxylation sites is 1. The predicted octanol–water partition coefficient (Wildman–Crippen LogP) is 1.66. The highest BCUT2D eigenvalue weighted by molar-refractivity contribution is 7.92. The molecule has 1 aromatic carbocycles. The Bertz CT molecular complexity index is 868. The Kier molecular flexibility index (Phi) is 3.71. The van der Waals surface area contributed by atoms with E-state index in [4.69, 9.17) is 0 Å². The molecule has 0 aliphatic carbocycles. The van der Waals surface area contributed by atoms with Crippen molar-refractivity contribution in [3.05, 3.63) is 30.1 Å². The number of nitrogens with one attached hydrogen (secondary N) is 1. The minimum Gasteiger partial charge on any atom is -0.349 e. The van der Waals surface area contributed by atoms with Crippen molar-refractivity contribution in [1.82, 2.24) is 14.9 Å². The average Bonchev–Trinajstić information content (AvgIpc) is 2.85. The number of hydrogen-bond donors (Lipinski definition) is 1. The molecule has 1 saturated heterocycles. The lowest BCUT2D eigenvalue weighted by Gasteiger charge is -2.35. The Balaban J connectivity index is 1.84. The number of benzene rings is 1. The molecule has 6 nitrogen and oxygen atoms in total. The van der Waals surface area contributed by atoms with Crippen molar-refractivity contribution >= 4 is 26.8 Å². The lowest BCUT2D eigenvalue weighted by molar-refractivity contribution is 0.0932. The monoisotopic (exact) mass is 335 g/mol. The van der Waals surface area contributed by atoms with Gasteiger partial charge in [-0.3, -0.25) is 4.79 Å². The number of aromatic nitrogens is 2. The maximum atomic E-state index is 12.6. The Hall–Kier alpha value is -1.89. The van der Waals surface area contributed by atoms with Gasteiger partial charge < -0.3 is 9.88 Å². The van der Waals surface area contributed by atoms with E-state index in [0.29, 0.717) is 18.4 Å². The van der Waals surface area contributed by atoms with Gasteiger partial charge in [-0.1, -0.05) is 6.07 Å². The number of aryl methyl sites for hydroxylation is 1. The van der Waals surface area contributed by atoms with E-state index >= 15 is 0 Å². The van der Waals surface area contributed by atoms with Crippen LogP contribution in [0.5, 0.6) is 0 Å². The highest BCUT2D eigenvalue weighted by Crippen LogP contribution is 2.30. The highest BCUT2D eigenvalue weighted by Gasteiger charge is 2.41. The SMILES string of the molecule is Cn1cnc2cccc(C(=O)NC3CCS(=O)(=O)C(C)(C)C3)c21. The van der Waals surface area contributed by atoms with Gasteiger partial charge in [0, 0.05) is 13.1 Å². The molecular weight excluding hydrogens is 314 g/mol. The van der Waals surface area contributed by atoms with Crippen molar-refractivity contribution < 1.29 is 13.2 Å². The summed E-state index contributed by atoms with van der Waals surface area (Å²) in [6.45, 7) is 3.45. The third-order valence-electron chi connectivity index (χ3n) is 4.63. The molecule has 7 heteroatoms. The number of carbonyl (C=O) groups excluding carboxylic acids is 1. The molecule has 0 saturated carbocycles. The fourth-order valence-electron chi connectivity index (χ4n) is 3.18. The van der Waals surface area contributed by atoms with Crippen LogP contribution >= 0.6 is 0 Å². The van der Waals surface area contributed by atoms with Gasteiger partial charge in [-0.25, -0.2) is 13.4 Å². The Morgan fingerprint density at radius 2 is 2.13 bits per heavy atom. The quantitative estimate of drug-likeness (QED) is 0.905. The van der Waals surface area contributed by atoms with Crippen LogP contribution in [-0.4, -0.2) is 40.4 Å². The van der Waals surface area contributed by atoms with E-state index in [0.717, 1.165) is 11.0 Å². The van der Waals surface area contributed by atoms with E-state index in [1.807, 2.05) is 17.7 Å². The summed E-state index contributed by atoms with van der Waals surface area (Å²) in [5, 5.41) is 2.99. The van der Waals surface area contributed by atoms with E-state index in [-0.39, 0.29) is 17.7 Å². The van der Waals surface area contributed by atoms with Crippen LogP contribution in [0.15, 0.2) is 24.5 Å². The summed E-state index contributed by atoms with van der Waals surface area (Å²) in [6.07, 6.45) is 2.57. The van der Waals surface area contributed by atoms with Crippen molar-refractivity contribution in [1.29, 1.82) is 0 Å². The second-order valence-corrected chi connectivity index (χ2v) is 9.51. The van der Waals surface area contributed by atoms with Gasteiger partial charge in [-0.2, -0.15) is 0 Å². The molecule has 1 N–H and O–H groups in total. The summed E-state index contributed by atoms with van der Waals surface area (Å²) in [5.41, 5.74) is 2.12.